The molecule has 1 unspecified atom stereocenters. The van der Waals surface area contributed by atoms with E-state index in [1.54, 1.807) is 0 Å². The van der Waals surface area contributed by atoms with E-state index in [1.165, 1.54) is 0 Å². The van der Waals surface area contributed by atoms with Gasteiger partial charge in [-0.3, -0.25) is 0 Å². The maximum Gasteiger partial charge on any atom is 0.0523 e. The fourth-order valence-electron chi connectivity index (χ4n) is 0. The Balaban J connectivity index is 0. The molecular formula is H3Cl2PS. The molecule has 0 aliphatic heterocycles. The summed E-state index contributed by atoms with van der Waals surface area (Å²) in [4.78, 5) is 0. The second-order valence-corrected chi connectivity index (χ2v) is 1.57. The van der Waals surface area contributed by atoms with Crippen molar-refractivity contribution in [2.75, 3.05) is 0 Å². The Morgan fingerprint density at radius 2 is 1.25 bits per heavy atom. The van der Waals surface area contributed by atoms with Crippen molar-refractivity contribution in [3.8, 4) is 0 Å². The van der Waals surface area contributed by atoms with Crippen LogP contribution >= 0.6 is 41.5 Å². The molecule has 0 N–H and O–H groups in total. The van der Waals surface area contributed by atoms with Gasteiger partial charge in [0.2, 0.25) is 0 Å². The van der Waals surface area contributed by atoms with Crippen LogP contribution in [-0.2, 0) is 0 Å². The molecule has 0 radical (unpaired) electrons. The van der Waals surface area contributed by atoms with Gasteiger partial charge < -0.3 is 0 Å². The highest BCUT2D eigenvalue weighted by Crippen LogP contribution is 2.08. The van der Waals surface area contributed by atoms with E-state index < -0.39 is 0 Å². The van der Waals surface area contributed by atoms with E-state index in [2.05, 4.69) is 21.4 Å². The molecule has 0 aromatic heterocycles. The highest BCUT2D eigenvalue weighted by Gasteiger charge is 1.43. The van der Waals surface area contributed by atoms with Gasteiger partial charge in [0.05, 0.1) is 10.2 Å². The van der Waals surface area contributed by atoms with Crippen molar-refractivity contribution < 1.29 is 0 Å². The molecule has 0 saturated heterocycles. The minimum Gasteiger partial charge on any atom is -0.153 e. The third-order valence-electron chi connectivity index (χ3n) is 0. The molecule has 4 heteroatoms. The minimum absolute atomic E-state index is 0. The molecule has 0 rings (SSSR count). The standard InChI is InChI=1S/Cl2S.H3P/c1-3-2;/h;1H3. The van der Waals surface area contributed by atoms with Crippen molar-refractivity contribution in [2.45, 2.75) is 0 Å². The number of hydrogen-bond acceptors (Lipinski definition) is 1. The first-order valence-electron chi connectivity index (χ1n) is 0.309. The van der Waals surface area contributed by atoms with Crippen LogP contribution in [-0.4, -0.2) is 0 Å². The summed E-state index contributed by atoms with van der Waals surface area (Å²) in [6, 6.07) is 0. The lowest BCUT2D eigenvalue weighted by Gasteiger charge is -1.40. The topological polar surface area (TPSA) is 0 Å². The first-order chi connectivity index (χ1) is 1.41. The Labute approximate surface area is 41.9 Å². The molecule has 4 heavy (non-hydrogen) atoms. The SMILES string of the molecule is ClSCl.P. The second-order valence-electron chi connectivity index (χ2n) is 0.0583. The van der Waals surface area contributed by atoms with E-state index in [9.17, 15) is 0 Å². The predicted octanol–water partition coefficient (Wildman–Crippen LogP) is 2.09. The summed E-state index contributed by atoms with van der Waals surface area (Å²) in [5.41, 5.74) is 0. The summed E-state index contributed by atoms with van der Waals surface area (Å²) in [6.07, 6.45) is 0. The lowest BCUT2D eigenvalue weighted by atomic mass is 31.0. The van der Waals surface area contributed by atoms with Crippen LogP contribution in [0.1, 0.15) is 0 Å². The minimum atomic E-state index is 0. The Hall–Kier alpha value is 1.36. The van der Waals surface area contributed by atoms with Gasteiger partial charge >= 0.3 is 0 Å². The molecule has 0 heterocycles. The number of hydrogen-bond donors (Lipinski definition) is 0. The highest BCUT2D eigenvalue weighted by molar-refractivity contribution is 8.38. The number of rotatable bonds is 0. The Morgan fingerprint density at radius 1 is 1.25 bits per heavy atom. The van der Waals surface area contributed by atoms with Crippen LogP contribution in [0.25, 0.3) is 0 Å². The van der Waals surface area contributed by atoms with Gasteiger partial charge in [-0.2, -0.15) is 9.90 Å². The van der Waals surface area contributed by atoms with Gasteiger partial charge in [-0.05, 0) is 21.4 Å². The van der Waals surface area contributed by atoms with Gasteiger partial charge in [0.25, 0.3) is 0 Å². The van der Waals surface area contributed by atoms with E-state index in [4.69, 9.17) is 0 Å². The van der Waals surface area contributed by atoms with Crippen molar-refractivity contribution in [3.63, 3.8) is 0 Å². The van der Waals surface area contributed by atoms with Gasteiger partial charge in [-0.25, -0.2) is 0 Å². The molecule has 0 spiro atoms. The van der Waals surface area contributed by atoms with E-state index in [1.807, 2.05) is 0 Å². The van der Waals surface area contributed by atoms with Crippen LogP contribution in [0.5, 0.6) is 0 Å². The van der Waals surface area contributed by atoms with Crippen LogP contribution in [0.3, 0.4) is 0 Å². The van der Waals surface area contributed by atoms with E-state index >= 15 is 0 Å². The van der Waals surface area contributed by atoms with Crippen LogP contribution in [0, 0.1) is 0 Å². The molecular weight excluding hydrogens is 134 g/mol. The zero-order valence-electron chi connectivity index (χ0n) is 1.87. The van der Waals surface area contributed by atoms with Crippen LogP contribution in [0.15, 0.2) is 0 Å². The van der Waals surface area contributed by atoms with Gasteiger partial charge in [0, 0.05) is 0 Å². The smallest absolute Gasteiger partial charge is 0.0523 e. The van der Waals surface area contributed by atoms with Gasteiger partial charge in [-0.1, -0.05) is 0 Å². The van der Waals surface area contributed by atoms with Gasteiger partial charge in [-0.15, -0.1) is 0 Å². The fraction of sp³-hybridized carbons (Fsp3) is 0. The summed E-state index contributed by atoms with van der Waals surface area (Å²) in [5.74, 6) is 0. The lowest BCUT2D eigenvalue weighted by Crippen LogP contribution is -0.745. The summed E-state index contributed by atoms with van der Waals surface area (Å²) in [5, 5.41) is 0. The monoisotopic (exact) mass is 136 g/mol. The molecule has 0 bridgehead atoms. The van der Waals surface area contributed by atoms with E-state index in [0.717, 1.165) is 0 Å². The Morgan fingerprint density at radius 3 is 1.25 bits per heavy atom. The van der Waals surface area contributed by atoms with Crippen molar-refractivity contribution in [3.05, 3.63) is 0 Å². The average Bonchev–Trinajstić information content (AvgIpc) is 0.918. The largest absolute Gasteiger partial charge is 0.153 e. The quantitative estimate of drug-likeness (QED) is 0.460. The molecule has 0 aromatic carbocycles. The first-order valence-corrected chi connectivity index (χ1v) is 2.78. The highest BCUT2D eigenvalue weighted by atomic mass is 36.0. The Bertz CT molecular complexity index is 6.00. The van der Waals surface area contributed by atoms with E-state index in [-0.39, 0.29) is 9.90 Å². The first kappa shape index (κ1) is 9.03. The summed E-state index contributed by atoms with van der Waals surface area (Å²) in [6.45, 7) is 0. The maximum atomic E-state index is 4.68. The number of halogens is 2. The van der Waals surface area contributed by atoms with Crippen LogP contribution < -0.4 is 0 Å². The van der Waals surface area contributed by atoms with Crippen molar-refractivity contribution in [1.82, 2.24) is 0 Å². The molecule has 1 atom stereocenters. The molecule has 0 aliphatic carbocycles. The third-order valence-corrected chi connectivity index (χ3v) is 0. The molecule has 0 saturated carbocycles. The maximum absolute atomic E-state index is 4.68. The van der Waals surface area contributed by atoms with Gasteiger partial charge in [0.15, 0.2) is 0 Å². The summed E-state index contributed by atoms with van der Waals surface area (Å²) < 4.78 is 0. The second kappa shape index (κ2) is 8.84. The van der Waals surface area contributed by atoms with Crippen molar-refractivity contribution in [1.29, 1.82) is 0 Å². The lowest BCUT2D eigenvalue weighted by molar-refractivity contribution is 5.06. The third kappa shape index (κ3) is 10.1. The summed E-state index contributed by atoms with van der Waals surface area (Å²) >= 11 is 0. The zero-order valence-corrected chi connectivity index (χ0v) is 5.61. The van der Waals surface area contributed by atoms with Crippen LogP contribution in [0.2, 0.25) is 0 Å². The van der Waals surface area contributed by atoms with Gasteiger partial charge in [0.1, 0.15) is 0 Å². The molecule has 0 nitrogen and oxygen atoms in total. The van der Waals surface area contributed by atoms with E-state index in [0.29, 0.717) is 10.2 Å². The average molecular weight is 137 g/mol. The van der Waals surface area contributed by atoms with Crippen molar-refractivity contribution in [2.24, 2.45) is 0 Å². The molecule has 0 fully saturated rings. The summed E-state index contributed by atoms with van der Waals surface area (Å²) in [7, 11) is 10.1. The van der Waals surface area contributed by atoms with Crippen LogP contribution in [0.4, 0.5) is 0 Å². The normalized spacial score (nSPS) is 4.50. The molecule has 0 amide bonds. The molecule has 0 aromatic rings. The fourth-order valence-corrected chi connectivity index (χ4v) is 0. The zero-order chi connectivity index (χ0) is 2.71. The van der Waals surface area contributed by atoms with Crippen molar-refractivity contribution >= 4 is 41.5 Å². The Kier molecular flexibility index (Phi) is 19.9. The molecule has 28 valence electrons. The predicted molar refractivity (Wildman–Crippen MR) is 30.4 cm³/mol. The molecule has 0 aliphatic rings.